The highest BCUT2D eigenvalue weighted by atomic mass is 16.4. The van der Waals surface area contributed by atoms with Crippen LogP contribution in [0.25, 0.3) is 0 Å². The maximum Gasteiger partial charge on any atom is 0.326 e. The molecule has 0 aliphatic carbocycles. The number of carbonyl (C=O) groups is 4. The number of aliphatic hydroxyl groups is 2. The van der Waals surface area contributed by atoms with Gasteiger partial charge in [0.15, 0.2) is 0 Å². The van der Waals surface area contributed by atoms with Gasteiger partial charge >= 0.3 is 5.97 Å². The number of nitrogens with two attached hydrogens (primary N) is 1. The van der Waals surface area contributed by atoms with Crippen molar-refractivity contribution in [2.24, 2.45) is 17.6 Å². The predicted molar refractivity (Wildman–Crippen MR) is 104 cm³/mol. The summed E-state index contributed by atoms with van der Waals surface area (Å²) in [4.78, 5) is 48.3. The van der Waals surface area contributed by atoms with Crippen LogP contribution in [0.3, 0.4) is 0 Å². The summed E-state index contributed by atoms with van der Waals surface area (Å²) in [6, 6.07) is -4.83. The Bertz CT molecular complexity index is 570. The van der Waals surface area contributed by atoms with E-state index in [0.29, 0.717) is 6.42 Å². The molecule has 29 heavy (non-hydrogen) atoms. The first-order chi connectivity index (χ1) is 13.5. The molecule has 8 N–H and O–H groups in total. The number of hydrogen-bond donors (Lipinski definition) is 7. The van der Waals surface area contributed by atoms with E-state index in [4.69, 9.17) is 10.8 Å². The molecule has 0 heterocycles. The lowest BCUT2D eigenvalue weighted by Gasteiger charge is -2.26. The van der Waals surface area contributed by atoms with Gasteiger partial charge in [0.25, 0.3) is 0 Å². The van der Waals surface area contributed by atoms with Crippen LogP contribution in [0.2, 0.25) is 0 Å². The molecule has 0 aromatic heterocycles. The monoisotopic (exact) mass is 418 g/mol. The fourth-order valence-corrected chi connectivity index (χ4v) is 2.47. The number of carboxylic acids is 1. The molecule has 0 aromatic rings. The van der Waals surface area contributed by atoms with Crippen LogP contribution in [0.5, 0.6) is 0 Å². The molecule has 0 radical (unpaired) electrons. The van der Waals surface area contributed by atoms with E-state index in [9.17, 15) is 29.4 Å². The van der Waals surface area contributed by atoms with Gasteiger partial charge in [-0.3, -0.25) is 14.4 Å². The zero-order chi connectivity index (χ0) is 22.7. The van der Waals surface area contributed by atoms with Gasteiger partial charge in [-0.1, -0.05) is 34.1 Å². The fraction of sp³-hybridized carbons (Fsp3) is 0.778. The number of amides is 3. The largest absolute Gasteiger partial charge is 0.480 e. The van der Waals surface area contributed by atoms with Crippen molar-refractivity contribution in [3.63, 3.8) is 0 Å². The van der Waals surface area contributed by atoms with Crippen molar-refractivity contribution in [1.82, 2.24) is 16.0 Å². The SMILES string of the molecule is CCC(C)C(NC(=O)C(CC(C)C)NC(=O)C(CO)NC(=O)C(N)CO)C(=O)O. The molecule has 0 spiro atoms. The first-order valence-electron chi connectivity index (χ1n) is 9.59. The van der Waals surface area contributed by atoms with Crippen molar-refractivity contribution in [2.75, 3.05) is 13.2 Å². The van der Waals surface area contributed by atoms with E-state index in [-0.39, 0.29) is 18.3 Å². The van der Waals surface area contributed by atoms with E-state index in [1.165, 1.54) is 0 Å². The van der Waals surface area contributed by atoms with Gasteiger partial charge in [0.05, 0.1) is 13.2 Å². The molecule has 11 nitrogen and oxygen atoms in total. The Morgan fingerprint density at radius 3 is 1.79 bits per heavy atom. The van der Waals surface area contributed by atoms with E-state index in [0.717, 1.165) is 0 Å². The first-order valence-corrected chi connectivity index (χ1v) is 9.59. The number of hydrogen-bond acceptors (Lipinski definition) is 7. The van der Waals surface area contributed by atoms with Gasteiger partial charge in [-0.05, 0) is 18.3 Å². The van der Waals surface area contributed by atoms with Crippen LogP contribution < -0.4 is 21.7 Å². The molecule has 0 aliphatic rings. The van der Waals surface area contributed by atoms with Gasteiger partial charge in [0.1, 0.15) is 24.2 Å². The summed E-state index contributed by atoms with van der Waals surface area (Å²) >= 11 is 0. The minimum Gasteiger partial charge on any atom is -0.480 e. The Morgan fingerprint density at radius 1 is 0.862 bits per heavy atom. The second-order valence-electron chi connectivity index (χ2n) is 7.43. The molecule has 0 fully saturated rings. The number of nitrogens with one attached hydrogen (secondary N) is 3. The van der Waals surface area contributed by atoms with Crippen LogP contribution in [0.15, 0.2) is 0 Å². The maximum atomic E-state index is 12.6. The second-order valence-corrected chi connectivity index (χ2v) is 7.43. The van der Waals surface area contributed by atoms with Crippen molar-refractivity contribution in [3.05, 3.63) is 0 Å². The van der Waals surface area contributed by atoms with Gasteiger partial charge in [-0.25, -0.2) is 4.79 Å². The highest BCUT2D eigenvalue weighted by Gasteiger charge is 2.32. The van der Waals surface area contributed by atoms with Crippen molar-refractivity contribution in [3.8, 4) is 0 Å². The van der Waals surface area contributed by atoms with Crippen molar-refractivity contribution in [2.45, 2.75) is 64.7 Å². The fourth-order valence-electron chi connectivity index (χ4n) is 2.47. The Morgan fingerprint density at radius 2 is 1.38 bits per heavy atom. The molecule has 168 valence electrons. The summed E-state index contributed by atoms with van der Waals surface area (Å²) in [5.41, 5.74) is 5.36. The molecule has 3 amide bonds. The Hall–Kier alpha value is -2.24. The number of rotatable bonds is 13. The molecule has 5 unspecified atom stereocenters. The average molecular weight is 418 g/mol. The highest BCUT2D eigenvalue weighted by molar-refractivity contribution is 5.94. The summed E-state index contributed by atoms with van der Waals surface area (Å²) in [5.74, 6) is -3.86. The molecule has 0 saturated carbocycles. The summed E-state index contributed by atoms with van der Waals surface area (Å²) in [5, 5.41) is 34.7. The Labute approximate surface area is 170 Å². The molecular weight excluding hydrogens is 384 g/mol. The predicted octanol–water partition coefficient (Wildman–Crippen LogP) is -2.07. The van der Waals surface area contributed by atoms with E-state index in [1.807, 2.05) is 13.8 Å². The van der Waals surface area contributed by atoms with Gasteiger partial charge in [-0.15, -0.1) is 0 Å². The lowest BCUT2D eigenvalue weighted by atomic mass is 9.97. The van der Waals surface area contributed by atoms with E-state index in [2.05, 4.69) is 16.0 Å². The van der Waals surface area contributed by atoms with Crippen LogP contribution in [0, 0.1) is 11.8 Å². The smallest absolute Gasteiger partial charge is 0.326 e. The van der Waals surface area contributed by atoms with Gasteiger partial charge in [-0.2, -0.15) is 0 Å². The number of aliphatic hydroxyl groups excluding tert-OH is 2. The molecule has 0 aromatic carbocycles. The minimum absolute atomic E-state index is 0.0112. The average Bonchev–Trinajstić information content (AvgIpc) is 2.66. The number of carbonyl (C=O) groups excluding carboxylic acids is 3. The first kappa shape index (κ1) is 26.8. The lowest BCUT2D eigenvalue weighted by Crippen LogP contribution is -2.59. The Balaban J connectivity index is 5.30. The topological polar surface area (TPSA) is 191 Å². The molecule has 11 heteroatoms. The van der Waals surface area contributed by atoms with E-state index >= 15 is 0 Å². The van der Waals surface area contributed by atoms with E-state index < -0.39 is 61.1 Å². The maximum absolute atomic E-state index is 12.6. The third kappa shape index (κ3) is 9.20. The molecule has 0 rings (SSSR count). The molecular formula is C18H34N4O7. The summed E-state index contributed by atoms with van der Waals surface area (Å²) in [6.07, 6.45) is 0.745. The molecule has 5 atom stereocenters. The van der Waals surface area contributed by atoms with Crippen LogP contribution in [-0.2, 0) is 19.2 Å². The van der Waals surface area contributed by atoms with Crippen LogP contribution >= 0.6 is 0 Å². The summed E-state index contributed by atoms with van der Waals surface area (Å²) in [7, 11) is 0. The van der Waals surface area contributed by atoms with Crippen molar-refractivity contribution in [1.29, 1.82) is 0 Å². The Kier molecular flexibility index (Phi) is 12.1. The standard InChI is InChI=1S/C18H34N4O7/c1-5-10(4)14(18(28)29)22-16(26)12(6-9(2)3)20-17(27)13(8-24)21-15(25)11(19)7-23/h9-14,23-24H,5-8,19H2,1-4H3,(H,20,27)(H,21,25)(H,22,26)(H,28,29). The summed E-state index contributed by atoms with van der Waals surface area (Å²) in [6.45, 7) is 5.73. The molecule has 0 saturated heterocycles. The van der Waals surface area contributed by atoms with Crippen molar-refractivity contribution >= 4 is 23.7 Å². The zero-order valence-electron chi connectivity index (χ0n) is 17.3. The van der Waals surface area contributed by atoms with Gasteiger partial charge in [0, 0.05) is 0 Å². The van der Waals surface area contributed by atoms with Crippen LogP contribution in [-0.4, -0.2) is 76.4 Å². The van der Waals surface area contributed by atoms with Crippen LogP contribution in [0.4, 0.5) is 0 Å². The van der Waals surface area contributed by atoms with Gasteiger partial charge in [0.2, 0.25) is 17.7 Å². The number of aliphatic carboxylic acids is 1. The van der Waals surface area contributed by atoms with Crippen molar-refractivity contribution < 1.29 is 34.5 Å². The second kappa shape index (κ2) is 13.1. The highest BCUT2D eigenvalue weighted by Crippen LogP contribution is 2.11. The summed E-state index contributed by atoms with van der Waals surface area (Å²) < 4.78 is 0. The zero-order valence-corrected chi connectivity index (χ0v) is 17.3. The minimum atomic E-state index is -1.38. The molecule has 0 bridgehead atoms. The van der Waals surface area contributed by atoms with Crippen LogP contribution in [0.1, 0.15) is 40.5 Å². The molecule has 0 aliphatic heterocycles. The third-order valence-electron chi connectivity index (χ3n) is 4.47. The lowest BCUT2D eigenvalue weighted by molar-refractivity contribution is -0.144. The third-order valence-corrected chi connectivity index (χ3v) is 4.47. The van der Waals surface area contributed by atoms with E-state index in [1.54, 1.807) is 13.8 Å². The normalized spacial score (nSPS) is 16.3. The quantitative estimate of drug-likeness (QED) is 0.177. The van der Waals surface area contributed by atoms with Gasteiger partial charge < -0.3 is 37.0 Å². The number of carboxylic acid groups (broad SMARTS) is 1.